The Morgan fingerprint density at radius 3 is 2.11 bits per heavy atom. The molecule has 0 spiro atoms. The van der Waals surface area contributed by atoms with Gasteiger partial charge in [0.2, 0.25) is 0 Å². The summed E-state index contributed by atoms with van der Waals surface area (Å²) >= 11 is 0. The number of carbonyl (C=O) groups is 2. The summed E-state index contributed by atoms with van der Waals surface area (Å²) in [5, 5.41) is 0. The highest BCUT2D eigenvalue weighted by atomic mass is 31.0. The summed E-state index contributed by atoms with van der Waals surface area (Å²) in [5.41, 5.74) is 0.330. The minimum Gasteiger partial charge on any atom is -0.496 e. The maximum Gasteiger partial charge on any atom is 0.317 e. The Kier molecular flexibility index (Phi) is 10.6. The number of benzene rings is 1. The van der Waals surface area contributed by atoms with Crippen LogP contribution in [0.4, 0.5) is 0 Å². The van der Waals surface area contributed by atoms with Crippen molar-refractivity contribution < 1.29 is 28.4 Å². The molecule has 1 aliphatic rings. The Morgan fingerprint density at radius 1 is 1.07 bits per heavy atom. The van der Waals surface area contributed by atoms with E-state index >= 15 is 0 Å². The molecule has 1 fully saturated rings. The molecule has 0 radical (unpaired) electrons. The van der Waals surface area contributed by atoms with Crippen molar-refractivity contribution in [1.29, 1.82) is 0 Å². The van der Waals surface area contributed by atoms with Crippen LogP contribution in [-0.4, -0.2) is 32.6 Å². The van der Waals surface area contributed by atoms with Gasteiger partial charge in [0.1, 0.15) is 23.0 Å². The molecule has 2 unspecified atom stereocenters. The lowest BCUT2D eigenvalue weighted by Crippen LogP contribution is -2.35. The topological polar surface area (TPSA) is 78.9 Å². The van der Waals surface area contributed by atoms with Crippen LogP contribution in [0.3, 0.4) is 0 Å². The molecule has 0 aromatic heterocycles. The average Bonchev–Trinajstić information content (AvgIpc) is 2.73. The molecule has 1 aliphatic carbocycles. The molecule has 150 valence electrons. The Hall–Kier alpha value is -1.94. The van der Waals surface area contributed by atoms with Crippen LogP contribution in [0.1, 0.15) is 55.8 Å². The van der Waals surface area contributed by atoms with Gasteiger partial charge in [0.25, 0.3) is 0 Å². The van der Waals surface area contributed by atoms with Crippen LogP contribution < -0.4 is 9.47 Å². The number of ketones is 1. The van der Waals surface area contributed by atoms with Gasteiger partial charge in [-0.15, -0.1) is 0 Å². The summed E-state index contributed by atoms with van der Waals surface area (Å²) in [6.07, 6.45) is 5.70. The quantitative estimate of drug-likeness (QED) is 0.282. The lowest BCUT2D eigenvalue weighted by molar-refractivity contribution is -0.148. The molecule has 0 saturated heterocycles. The second-order valence-corrected chi connectivity index (χ2v) is 6.45. The molecule has 6 nitrogen and oxygen atoms in total. The van der Waals surface area contributed by atoms with Gasteiger partial charge in [-0.05, 0) is 37.3 Å². The lowest BCUT2D eigenvalue weighted by atomic mass is 9.76. The van der Waals surface area contributed by atoms with E-state index in [-0.39, 0.29) is 11.7 Å². The van der Waals surface area contributed by atoms with Crippen LogP contribution in [0.5, 0.6) is 11.5 Å². The van der Waals surface area contributed by atoms with E-state index in [4.69, 9.17) is 18.8 Å². The smallest absolute Gasteiger partial charge is 0.317 e. The third-order valence-electron chi connectivity index (χ3n) is 4.78. The highest BCUT2D eigenvalue weighted by Gasteiger charge is 2.39. The lowest BCUT2D eigenvalue weighted by Gasteiger charge is -2.28. The zero-order valence-electron chi connectivity index (χ0n) is 16.4. The molecule has 0 bridgehead atoms. The first kappa shape index (κ1) is 23.1. The number of carbonyl (C=O) groups excluding carboxylic acids is 2. The Bertz CT molecular complexity index is 590. The zero-order chi connectivity index (χ0) is 20.2. The van der Waals surface area contributed by atoms with E-state index in [9.17, 15) is 9.59 Å². The minimum absolute atomic E-state index is 0.0141. The van der Waals surface area contributed by atoms with Crippen molar-refractivity contribution in [3.8, 4) is 11.5 Å². The van der Waals surface area contributed by atoms with E-state index in [0.717, 1.165) is 38.5 Å². The summed E-state index contributed by atoms with van der Waals surface area (Å²) in [6, 6.07) is 5.19. The summed E-state index contributed by atoms with van der Waals surface area (Å²) in [5.74, 6) is -0.617. The monoisotopic (exact) mass is 397 g/mol. The van der Waals surface area contributed by atoms with Crippen LogP contribution in [0.25, 0.3) is 0 Å². The first-order valence-electron chi connectivity index (χ1n) is 9.29. The number of Topliss-reactive ketones (excluding diaryl/α,β-unsaturated/α-hetero) is 1. The Labute approximate surface area is 163 Å². The summed E-state index contributed by atoms with van der Waals surface area (Å²) in [7, 11) is 4.19. The molecule has 2 rings (SSSR count). The molecule has 0 N–H and O–H groups in total. The van der Waals surface area contributed by atoms with E-state index in [1.807, 2.05) is 6.92 Å². The first-order chi connectivity index (χ1) is 13.1. The predicted octanol–water partition coefficient (Wildman–Crippen LogP) is 4.24. The number of methoxy groups -OCH3 is 2. The SMILES string of the molecule is CCCOC(=O)C(C(=O)c1c(OC)cccc1OC)C1CCCCC1.O=[PH2+]. The van der Waals surface area contributed by atoms with E-state index < -0.39 is 11.9 Å². The predicted molar refractivity (Wildman–Crippen MR) is 106 cm³/mol. The largest absolute Gasteiger partial charge is 0.496 e. The summed E-state index contributed by atoms with van der Waals surface area (Å²) < 4.78 is 24.2. The summed E-state index contributed by atoms with van der Waals surface area (Å²) in [6.45, 7) is 2.27. The fourth-order valence-corrected chi connectivity index (χ4v) is 3.52. The number of esters is 1. The highest BCUT2D eigenvalue weighted by Crippen LogP contribution is 2.37. The van der Waals surface area contributed by atoms with Gasteiger partial charge in [-0.3, -0.25) is 9.59 Å². The van der Waals surface area contributed by atoms with E-state index in [0.29, 0.717) is 23.7 Å². The number of rotatable bonds is 8. The number of hydrogen-bond acceptors (Lipinski definition) is 6. The number of hydrogen-bond donors (Lipinski definition) is 0. The molecular formula is C20H30O6P+. The van der Waals surface area contributed by atoms with Gasteiger partial charge in [0.05, 0.1) is 20.8 Å². The molecule has 1 saturated carbocycles. The van der Waals surface area contributed by atoms with Crippen molar-refractivity contribution in [3.63, 3.8) is 0 Å². The van der Waals surface area contributed by atoms with Crippen molar-refractivity contribution >= 4 is 20.9 Å². The standard InChI is InChI=1S/C20H28O5.H2OP/c1-4-13-25-20(22)17(14-9-6-5-7-10-14)19(21)18-15(23-2)11-8-12-16(18)24-3;1-2/h8,11-12,14,17H,4-7,9-10,13H2,1-3H3;2H2/q;+1. The molecule has 1 aromatic carbocycles. The van der Waals surface area contributed by atoms with E-state index in [2.05, 4.69) is 0 Å². The third kappa shape index (κ3) is 6.03. The Morgan fingerprint density at radius 2 is 1.63 bits per heavy atom. The zero-order valence-corrected chi connectivity index (χ0v) is 17.5. The molecule has 27 heavy (non-hydrogen) atoms. The molecule has 0 heterocycles. The van der Waals surface area contributed by atoms with Crippen molar-refractivity contribution in [2.24, 2.45) is 11.8 Å². The van der Waals surface area contributed by atoms with Crippen molar-refractivity contribution in [1.82, 2.24) is 0 Å². The second kappa shape index (κ2) is 12.4. The van der Waals surface area contributed by atoms with Crippen LogP contribution in [0.15, 0.2) is 18.2 Å². The molecule has 1 aromatic rings. The van der Waals surface area contributed by atoms with Gasteiger partial charge in [-0.2, -0.15) is 0 Å². The van der Waals surface area contributed by atoms with Crippen molar-refractivity contribution in [2.75, 3.05) is 20.8 Å². The maximum atomic E-state index is 13.3. The average molecular weight is 397 g/mol. The molecule has 0 amide bonds. The number of ether oxygens (including phenoxy) is 3. The van der Waals surface area contributed by atoms with Gasteiger partial charge in [0.15, 0.2) is 5.78 Å². The van der Waals surface area contributed by atoms with Crippen molar-refractivity contribution in [2.45, 2.75) is 45.4 Å². The highest BCUT2D eigenvalue weighted by molar-refractivity contribution is 7.00. The second-order valence-electron chi connectivity index (χ2n) is 6.45. The van der Waals surface area contributed by atoms with Crippen LogP contribution in [0, 0.1) is 11.8 Å². The fourth-order valence-electron chi connectivity index (χ4n) is 3.52. The summed E-state index contributed by atoms with van der Waals surface area (Å²) in [4.78, 5) is 26.0. The van der Waals surface area contributed by atoms with Gasteiger partial charge in [0, 0.05) is 0 Å². The van der Waals surface area contributed by atoms with Gasteiger partial charge < -0.3 is 14.2 Å². The normalized spacial score (nSPS) is 15.1. The third-order valence-corrected chi connectivity index (χ3v) is 4.78. The fraction of sp³-hybridized carbons (Fsp3) is 0.600. The Balaban J connectivity index is 0.00000176. The molecule has 7 heteroatoms. The molecular weight excluding hydrogens is 367 g/mol. The van der Waals surface area contributed by atoms with E-state index in [1.54, 1.807) is 18.2 Å². The van der Waals surface area contributed by atoms with E-state index in [1.165, 1.54) is 23.3 Å². The van der Waals surface area contributed by atoms with Gasteiger partial charge in [-0.1, -0.05) is 36.8 Å². The van der Waals surface area contributed by atoms with Crippen LogP contribution in [0.2, 0.25) is 0 Å². The van der Waals surface area contributed by atoms with Crippen molar-refractivity contribution in [3.05, 3.63) is 23.8 Å². The van der Waals surface area contributed by atoms with Gasteiger partial charge >= 0.3 is 15.1 Å². The maximum absolute atomic E-state index is 13.3. The molecule has 0 aliphatic heterocycles. The minimum atomic E-state index is -0.794. The van der Waals surface area contributed by atoms with Gasteiger partial charge in [-0.25, -0.2) is 0 Å². The van der Waals surface area contributed by atoms with Crippen LogP contribution in [-0.2, 0) is 14.1 Å². The first-order valence-corrected chi connectivity index (χ1v) is 9.76. The van der Waals surface area contributed by atoms with Crippen LogP contribution >= 0.6 is 9.12 Å². The molecule has 2 atom stereocenters.